The van der Waals surface area contributed by atoms with Crippen molar-refractivity contribution in [2.24, 2.45) is 0 Å². The monoisotopic (exact) mass is 295 g/mol. The molecular formula is C14H21N3O4. The second-order valence-electron chi connectivity index (χ2n) is 5.21. The molecule has 0 aromatic carbocycles. The zero-order valence-electron chi connectivity index (χ0n) is 12.6. The molecule has 21 heavy (non-hydrogen) atoms. The number of amides is 3. The summed E-state index contributed by atoms with van der Waals surface area (Å²) in [6.07, 6.45) is 3.36. The van der Waals surface area contributed by atoms with Crippen molar-refractivity contribution < 1.29 is 19.2 Å². The normalized spacial score (nSPS) is 24.1. The van der Waals surface area contributed by atoms with Gasteiger partial charge in [0.25, 0.3) is 5.91 Å². The quantitative estimate of drug-likeness (QED) is 0.659. The van der Waals surface area contributed by atoms with Gasteiger partial charge in [0.05, 0.1) is 25.8 Å². The fourth-order valence-electron chi connectivity index (χ4n) is 2.57. The molecule has 3 amide bonds. The van der Waals surface area contributed by atoms with Crippen LogP contribution in [0.1, 0.15) is 0 Å². The number of fused-ring (bicyclic) bond motifs is 2. The number of hydroxylamine groups is 2. The van der Waals surface area contributed by atoms with Gasteiger partial charge in [0, 0.05) is 26.8 Å². The number of ether oxygens (including phenoxy) is 1. The van der Waals surface area contributed by atoms with Crippen LogP contribution >= 0.6 is 0 Å². The molecule has 7 heteroatoms. The van der Waals surface area contributed by atoms with Gasteiger partial charge in [-0.25, -0.2) is 4.79 Å². The minimum absolute atomic E-state index is 0.123. The van der Waals surface area contributed by atoms with Crippen molar-refractivity contribution in [2.75, 3.05) is 41.0 Å². The number of rotatable bonds is 6. The molecule has 2 atom stereocenters. The summed E-state index contributed by atoms with van der Waals surface area (Å²) in [4.78, 5) is 33.3. The molecule has 0 unspecified atom stereocenters. The predicted molar refractivity (Wildman–Crippen MR) is 76.3 cm³/mol. The fraction of sp³-hybridized carbons (Fsp3) is 0.571. The molecule has 2 heterocycles. The van der Waals surface area contributed by atoms with Gasteiger partial charge in [0.1, 0.15) is 6.04 Å². The van der Waals surface area contributed by atoms with E-state index >= 15 is 0 Å². The van der Waals surface area contributed by atoms with E-state index in [9.17, 15) is 9.59 Å². The van der Waals surface area contributed by atoms with Crippen molar-refractivity contribution in [3.63, 3.8) is 0 Å². The van der Waals surface area contributed by atoms with Crippen LogP contribution in [0.2, 0.25) is 0 Å². The van der Waals surface area contributed by atoms with Gasteiger partial charge in [0.2, 0.25) is 0 Å². The summed E-state index contributed by atoms with van der Waals surface area (Å²) in [6, 6.07) is -0.892. The second kappa shape index (κ2) is 6.28. The van der Waals surface area contributed by atoms with Gasteiger partial charge in [-0.05, 0) is 6.08 Å². The lowest BCUT2D eigenvalue weighted by molar-refractivity contribution is -0.131. The first-order valence-electron chi connectivity index (χ1n) is 6.77. The highest BCUT2D eigenvalue weighted by molar-refractivity contribution is 5.97. The molecule has 0 aliphatic carbocycles. The SMILES string of the molecule is C=CCON1C(=O)N2C[C@H]1C(C(=O)N(C)C)=C[C@H]2COC. The highest BCUT2D eigenvalue weighted by Crippen LogP contribution is 2.31. The van der Waals surface area contributed by atoms with E-state index in [2.05, 4.69) is 6.58 Å². The minimum Gasteiger partial charge on any atom is -0.382 e. The first-order valence-corrected chi connectivity index (χ1v) is 6.77. The Labute approximate surface area is 124 Å². The Morgan fingerprint density at radius 1 is 1.57 bits per heavy atom. The lowest BCUT2D eigenvalue weighted by atomic mass is 9.99. The smallest absolute Gasteiger partial charge is 0.345 e. The van der Waals surface area contributed by atoms with E-state index in [1.165, 1.54) is 9.96 Å². The molecule has 0 aromatic rings. The summed E-state index contributed by atoms with van der Waals surface area (Å²) in [5.41, 5.74) is 0.563. The minimum atomic E-state index is -0.388. The zero-order chi connectivity index (χ0) is 15.6. The molecular weight excluding hydrogens is 274 g/mol. The summed E-state index contributed by atoms with van der Waals surface area (Å²) in [5, 5.41) is 1.27. The number of hydrogen-bond donors (Lipinski definition) is 0. The Bertz CT molecular complexity index is 475. The first-order chi connectivity index (χ1) is 10.0. The third-order valence-electron chi connectivity index (χ3n) is 3.54. The molecule has 1 saturated heterocycles. The Kier molecular flexibility index (Phi) is 4.64. The maximum Gasteiger partial charge on any atom is 0.345 e. The molecule has 0 spiro atoms. The molecule has 2 bridgehead atoms. The third-order valence-corrected chi connectivity index (χ3v) is 3.54. The summed E-state index contributed by atoms with van der Waals surface area (Å²) in [5.74, 6) is -0.123. The van der Waals surface area contributed by atoms with Crippen molar-refractivity contribution in [3.05, 3.63) is 24.3 Å². The number of carbonyl (C=O) groups excluding carboxylic acids is 2. The van der Waals surface area contributed by atoms with Crippen molar-refractivity contribution in [1.82, 2.24) is 14.9 Å². The highest BCUT2D eigenvalue weighted by Gasteiger charge is 2.48. The Morgan fingerprint density at radius 2 is 2.29 bits per heavy atom. The summed E-state index contributed by atoms with van der Waals surface area (Å²) >= 11 is 0. The number of nitrogens with zero attached hydrogens (tertiary/aromatic N) is 3. The molecule has 2 aliphatic rings. The van der Waals surface area contributed by atoms with Gasteiger partial charge in [-0.15, -0.1) is 6.58 Å². The highest BCUT2D eigenvalue weighted by atomic mass is 16.7. The first kappa shape index (κ1) is 15.5. The van der Waals surface area contributed by atoms with E-state index in [1.54, 1.807) is 38.3 Å². The number of urea groups is 1. The zero-order valence-corrected chi connectivity index (χ0v) is 12.6. The van der Waals surface area contributed by atoms with Gasteiger partial charge < -0.3 is 14.5 Å². The number of hydrogen-bond acceptors (Lipinski definition) is 4. The molecule has 7 nitrogen and oxygen atoms in total. The maximum atomic E-state index is 12.4. The van der Waals surface area contributed by atoms with Crippen LogP contribution in [-0.4, -0.2) is 79.8 Å². The van der Waals surface area contributed by atoms with E-state index in [0.29, 0.717) is 18.7 Å². The van der Waals surface area contributed by atoms with E-state index in [0.717, 1.165) is 0 Å². The molecule has 0 saturated carbocycles. The van der Waals surface area contributed by atoms with E-state index < -0.39 is 0 Å². The van der Waals surface area contributed by atoms with Gasteiger partial charge in [-0.2, -0.15) is 5.06 Å². The van der Waals surface area contributed by atoms with Crippen LogP contribution < -0.4 is 0 Å². The van der Waals surface area contributed by atoms with Crippen LogP contribution in [0, 0.1) is 0 Å². The molecule has 0 N–H and O–H groups in total. The van der Waals surface area contributed by atoms with Gasteiger partial charge in [0.15, 0.2) is 0 Å². The molecule has 2 aliphatic heterocycles. The van der Waals surface area contributed by atoms with Crippen LogP contribution in [-0.2, 0) is 14.4 Å². The van der Waals surface area contributed by atoms with Crippen LogP contribution in [0.3, 0.4) is 0 Å². The Morgan fingerprint density at radius 3 is 2.86 bits per heavy atom. The van der Waals surface area contributed by atoms with Gasteiger partial charge in [-0.1, -0.05) is 6.08 Å². The van der Waals surface area contributed by atoms with Crippen LogP contribution in [0.15, 0.2) is 24.3 Å². The van der Waals surface area contributed by atoms with E-state index in [4.69, 9.17) is 9.57 Å². The Hall–Kier alpha value is -1.86. The average molecular weight is 295 g/mol. The van der Waals surface area contributed by atoms with Crippen LogP contribution in [0.4, 0.5) is 4.79 Å². The summed E-state index contributed by atoms with van der Waals surface area (Å²) < 4.78 is 5.15. The second-order valence-corrected chi connectivity index (χ2v) is 5.21. The van der Waals surface area contributed by atoms with Gasteiger partial charge >= 0.3 is 6.03 Å². The van der Waals surface area contributed by atoms with Crippen LogP contribution in [0.5, 0.6) is 0 Å². The standard InChI is InChI=1S/C14H21N3O4/c1-5-6-21-17-12-8-16(14(17)19)10(9-20-4)7-11(12)13(18)15(2)3/h5,7,10,12H,1,6,8-9H2,2-4H3/t10-,12-/m0/s1. The third kappa shape index (κ3) is 2.79. The largest absolute Gasteiger partial charge is 0.382 e. The molecule has 1 fully saturated rings. The average Bonchev–Trinajstić information content (AvgIpc) is 2.73. The van der Waals surface area contributed by atoms with Gasteiger partial charge in [-0.3, -0.25) is 9.63 Å². The lowest BCUT2D eigenvalue weighted by Gasteiger charge is -2.29. The molecule has 2 rings (SSSR count). The summed E-state index contributed by atoms with van der Waals surface area (Å²) in [7, 11) is 4.94. The number of carbonyl (C=O) groups is 2. The summed E-state index contributed by atoms with van der Waals surface area (Å²) in [6.45, 7) is 4.56. The van der Waals surface area contributed by atoms with Crippen molar-refractivity contribution >= 4 is 11.9 Å². The molecule has 116 valence electrons. The van der Waals surface area contributed by atoms with Crippen molar-refractivity contribution in [1.29, 1.82) is 0 Å². The van der Waals surface area contributed by atoms with Crippen molar-refractivity contribution in [2.45, 2.75) is 12.1 Å². The number of likely N-dealkylation sites (N-methyl/N-ethyl adjacent to an activating group) is 1. The molecule has 0 radical (unpaired) electrons. The van der Waals surface area contributed by atoms with Crippen LogP contribution in [0.25, 0.3) is 0 Å². The number of methoxy groups -OCH3 is 1. The van der Waals surface area contributed by atoms with Crippen molar-refractivity contribution in [3.8, 4) is 0 Å². The topological polar surface area (TPSA) is 62.3 Å². The van der Waals surface area contributed by atoms with E-state index in [1.807, 2.05) is 0 Å². The molecule has 0 aromatic heterocycles. The lowest BCUT2D eigenvalue weighted by Crippen LogP contribution is -2.43. The predicted octanol–water partition coefficient (Wildman–Crippen LogP) is 0.253. The maximum absolute atomic E-state index is 12.4. The van der Waals surface area contributed by atoms with E-state index in [-0.39, 0.29) is 30.6 Å². The Balaban J connectivity index is 2.31. The fourth-order valence-corrected chi connectivity index (χ4v) is 2.57.